The average Bonchev–Trinajstić information content (AvgIpc) is 2.37. The molecule has 1 N–H and O–H groups in total. The van der Waals surface area contributed by atoms with Gasteiger partial charge in [-0.15, -0.1) is 0 Å². The normalized spacial score (nSPS) is 31.8. The van der Waals surface area contributed by atoms with Crippen LogP contribution >= 0.6 is 0 Å². The van der Waals surface area contributed by atoms with Crippen LogP contribution in [0.1, 0.15) is 32.6 Å². The molecule has 0 aromatic heterocycles. The van der Waals surface area contributed by atoms with E-state index in [2.05, 4.69) is 19.1 Å². The number of hydrogen-bond donors (Lipinski definition) is 1. The molecule has 0 unspecified atom stereocenters. The van der Waals surface area contributed by atoms with Crippen molar-refractivity contribution in [1.82, 2.24) is 0 Å². The quantitative estimate of drug-likeness (QED) is 0.619. The third-order valence-corrected chi connectivity index (χ3v) is 2.44. The summed E-state index contributed by atoms with van der Waals surface area (Å²) in [6.07, 6.45) is 9.30. The lowest BCUT2D eigenvalue weighted by Crippen LogP contribution is -1.89. The van der Waals surface area contributed by atoms with E-state index in [9.17, 15) is 0 Å². The highest BCUT2D eigenvalue weighted by Crippen LogP contribution is 2.30. The highest BCUT2D eigenvalue weighted by molar-refractivity contribution is 4.92. The van der Waals surface area contributed by atoms with E-state index in [1.165, 1.54) is 19.3 Å². The molecule has 0 aliphatic heterocycles. The van der Waals surface area contributed by atoms with Crippen LogP contribution in [0.2, 0.25) is 0 Å². The summed E-state index contributed by atoms with van der Waals surface area (Å²) in [5.74, 6) is 1.72. The van der Waals surface area contributed by atoms with Crippen LogP contribution in [0.25, 0.3) is 0 Å². The van der Waals surface area contributed by atoms with Gasteiger partial charge in [-0.25, -0.2) is 0 Å². The second-order valence-corrected chi connectivity index (χ2v) is 3.62. The molecule has 1 rings (SSSR count). The Morgan fingerprint density at radius 1 is 1.45 bits per heavy atom. The van der Waals surface area contributed by atoms with Crippen molar-refractivity contribution < 1.29 is 5.11 Å². The lowest BCUT2D eigenvalue weighted by molar-refractivity contribution is 0.302. The van der Waals surface area contributed by atoms with E-state index < -0.39 is 0 Å². The van der Waals surface area contributed by atoms with Gasteiger partial charge in [0, 0.05) is 6.61 Å². The van der Waals surface area contributed by atoms with Crippen LogP contribution in [-0.2, 0) is 0 Å². The summed E-state index contributed by atoms with van der Waals surface area (Å²) in [5.41, 5.74) is 0. The molecular weight excluding hydrogens is 136 g/mol. The molecule has 0 aromatic carbocycles. The highest BCUT2D eigenvalue weighted by atomic mass is 16.2. The first-order valence-electron chi connectivity index (χ1n) is 4.60. The van der Waals surface area contributed by atoms with Gasteiger partial charge in [-0.05, 0) is 31.1 Å². The van der Waals surface area contributed by atoms with Gasteiger partial charge in [0.2, 0.25) is 0 Å². The maximum atomic E-state index is 8.54. The predicted octanol–water partition coefficient (Wildman–Crippen LogP) is 2.36. The van der Waals surface area contributed by atoms with Gasteiger partial charge in [0.25, 0.3) is 0 Å². The van der Waals surface area contributed by atoms with Gasteiger partial charge in [-0.3, -0.25) is 0 Å². The molecule has 1 fully saturated rings. The monoisotopic (exact) mass is 154 g/mol. The van der Waals surface area contributed by atoms with Crippen LogP contribution in [0.3, 0.4) is 0 Å². The summed E-state index contributed by atoms with van der Waals surface area (Å²) >= 11 is 0. The van der Waals surface area contributed by atoms with Gasteiger partial charge >= 0.3 is 0 Å². The minimum atomic E-state index is 0.290. The van der Waals surface area contributed by atoms with Crippen molar-refractivity contribution in [3.05, 3.63) is 12.2 Å². The van der Waals surface area contributed by atoms with Crippen LogP contribution < -0.4 is 0 Å². The molecule has 2 atom stereocenters. The standard InChI is InChI=1S/C10H18O/c1-9-5-6-10(8-9)4-2-3-7-11/h2,4,9-11H,3,5-8H2,1H3/b4-2-/t9-,10+/m0/s1. The largest absolute Gasteiger partial charge is 0.396 e. The molecule has 1 heteroatoms. The third-order valence-electron chi connectivity index (χ3n) is 2.44. The Morgan fingerprint density at radius 3 is 2.82 bits per heavy atom. The highest BCUT2D eigenvalue weighted by Gasteiger charge is 2.18. The Labute approximate surface area is 69.1 Å². The SMILES string of the molecule is C[C@H]1CC[C@@H](/C=C\CCO)C1. The van der Waals surface area contributed by atoms with E-state index in [0.717, 1.165) is 18.3 Å². The van der Waals surface area contributed by atoms with Crippen LogP contribution in [0, 0.1) is 11.8 Å². The van der Waals surface area contributed by atoms with E-state index in [4.69, 9.17) is 5.11 Å². The second kappa shape index (κ2) is 4.55. The zero-order valence-corrected chi connectivity index (χ0v) is 7.29. The molecule has 1 aliphatic rings. The number of aliphatic hydroxyl groups is 1. The molecule has 0 radical (unpaired) electrons. The lowest BCUT2D eigenvalue weighted by Gasteiger charge is -2.00. The Balaban J connectivity index is 2.17. The first-order chi connectivity index (χ1) is 5.33. The zero-order valence-electron chi connectivity index (χ0n) is 7.29. The van der Waals surface area contributed by atoms with E-state index >= 15 is 0 Å². The van der Waals surface area contributed by atoms with E-state index in [-0.39, 0.29) is 0 Å². The average molecular weight is 154 g/mol. The molecule has 0 spiro atoms. The van der Waals surface area contributed by atoms with Crippen LogP contribution in [-0.4, -0.2) is 11.7 Å². The molecule has 0 aromatic rings. The van der Waals surface area contributed by atoms with E-state index in [0.29, 0.717) is 6.61 Å². The van der Waals surface area contributed by atoms with Crippen molar-refractivity contribution in [2.45, 2.75) is 32.6 Å². The van der Waals surface area contributed by atoms with Crippen molar-refractivity contribution in [3.63, 3.8) is 0 Å². The van der Waals surface area contributed by atoms with Crippen molar-refractivity contribution in [3.8, 4) is 0 Å². The first kappa shape index (κ1) is 8.79. The zero-order chi connectivity index (χ0) is 8.10. The lowest BCUT2D eigenvalue weighted by atomic mass is 10.1. The van der Waals surface area contributed by atoms with Gasteiger partial charge in [-0.1, -0.05) is 25.5 Å². The Hall–Kier alpha value is -0.300. The smallest absolute Gasteiger partial charge is 0.0465 e. The fourth-order valence-corrected chi connectivity index (χ4v) is 1.79. The summed E-state index contributed by atoms with van der Waals surface area (Å²) in [5, 5.41) is 8.54. The maximum absolute atomic E-state index is 8.54. The van der Waals surface area contributed by atoms with Gasteiger partial charge in [-0.2, -0.15) is 0 Å². The van der Waals surface area contributed by atoms with E-state index in [1.807, 2.05) is 0 Å². The minimum Gasteiger partial charge on any atom is -0.396 e. The van der Waals surface area contributed by atoms with Gasteiger partial charge < -0.3 is 5.11 Å². The summed E-state index contributed by atoms with van der Waals surface area (Å²) in [7, 11) is 0. The topological polar surface area (TPSA) is 20.2 Å². The van der Waals surface area contributed by atoms with Crippen LogP contribution in [0.15, 0.2) is 12.2 Å². The van der Waals surface area contributed by atoms with Gasteiger partial charge in [0.1, 0.15) is 0 Å². The molecule has 0 heterocycles. The second-order valence-electron chi connectivity index (χ2n) is 3.62. The summed E-state index contributed by atoms with van der Waals surface area (Å²) < 4.78 is 0. The van der Waals surface area contributed by atoms with Gasteiger partial charge in [0.15, 0.2) is 0 Å². The summed E-state index contributed by atoms with van der Waals surface area (Å²) in [6.45, 7) is 2.61. The van der Waals surface area contributed by atoms with Crippen LogP contribution in [0.4, 0.5) is 0 Å². The predicted molar refractivity (Wildman–Crippen MR) is 47.3 cm³/mol. The summed E-state index contributed by atoms with van der Waals surface area (Å²) in [4.78, 5) is 0. The number of rotatable bonds is 3. The van der Waals surface area contributed by atoms with Crippen molar-refractivity contribution >= 4 is 0 Å². The molecule has 11 heavy (non-hydrogen) atoms. The fourth-order valence-electron chi connectivity index (χ4n) is 1.79. The molecule has 0 amide bonds. The molecule has 64 valence electrons. The molecule has 0 bridgehead atoms. The van der Waals surface area contributed by atoms with Crippen molar-refractivity contribution in [1.29, 1.82) is 0 Å². The van der Waals surface area contributed by atoms with Gasteiger partial charge in [0.05, 0.1) is 0 Å². The summed E-state index contributed by atoms with van der Waals surface area (Å²) in [6, 6.07) is 0. The molecular formula is C10H18O. The van der Waals surface area contributed by atoms with Crippen molar-refractivity contribution in [2.75, 3.05) is 6.61 Å². The molecule has 1 nitrogen and oxygen atoms in total. The van der Waals surface area contributed by atoms with E-state index in [1.54, 1.807) is 0 Å². The Bertz CT molecular complexity index is 129. The molecule has 1 saturated carbocycles. The minimum absolute atomic E-state index is 0.290. The third kappa shape index (κ3) is 3.06. The van der Waals surface area contributed by atoms with Crippen molar-refractivity contribution in [2.24, 2.45) is 11.8 Å². The van der Waals surface area contributed by atoms with Crippen LogP contribution in [0.5, 0.6) is 0 Å². The maximum Gasteiger partial charge on any atom is 0.0465 e. The first-order valence-corrected chi connectivity index (χ1v) is 4.60. The number of hydrogen-bond acceptors (Lipinski definition) is 1. The fraction of sp³-hybridized carbons (Fsp3) is 0.800. The number of aliphatic hydroxyl groups excluding tert-OH is 1. The Kier molecular flexibility index (Phi) is 3.64. The number of allylic oxidation sites excluding steroid dienone is 1. The molecule has 1 aliphatic carbocycles. The molecule has 0 saturated heterocycles. The Morgan fingerprint density at radius 2 is 2.27 bits per heavy atom.